The minimum atomic E-state index is 0.0884. The zero-order valence-electron chi connectivity index (χ0n) is 30.4. The Balaban J connectivity index is 1.08. The van der Waals surface area contributed by atoms with Crippen molar-refractivity contribution in [1.29, 1.82) is 0 Å². The van der Waals surface area contributed by atoms with E-state index in [-0.39, 0.29) is 5.41 Å². The van der Waals surface area contributed by atoms with E-state index in [0.29, 0.717) is 0 Å². The predicted molar refractivity (Wildman–Crippen MR) is 211 cm³/mol. The number of rotatable bonds is 15. The van der Waals surface area contributed by atoms with Gasteiger partial charge in [0.25, 0.3) is 0 Å². The van der Waals surface area contributed by atoms with Gasteiger partial charge in [-0.25, -0.2) is 0 Å². The summed E-state index contributed by atoms with van der Waals surface area (Å²) >= 11 is 0. The molecule has 2 aliphatic rings. The summed E-state index contributed by atoms with van der Waals surface area (Å²) in [6.45, 7) is 2.32. The van der Waals surface area contributed by atoms with Crippen molar-refractivity contribution in [2.45, 2.75) is 128 Å². The van der Waals surface area contributed by atoms with E-state index in [9.17, 15) is 0 Å². The first kappa shape index (κ1) is 35.3. The number of nitrogens with two attached hydrogens (primary N) is 2. The average molecular weight is 655 g/mol. The van der Waals surface area contributed by atoms with Gasteiger partial charge in [-0.3, -0.25) is 0 Å². The van der Waals surface area contributed by atoms with Gasteiger partial charge in [0.2, 0.25) is 0 Å². The lowest BCUT2D eigenvalue weighted by Crippen LogP contribution is -2.33. The number of hydrogen-bond acceptors (Lipinski definition) is 2. The quantitative estimate of drug-likeness (QED) is 0.0990. The Hall–Kier alpha value is -3.52. The summed E-state index contributed by atoms with van der Waals surface area (Å²) in [5.41, 5.74) is 21.9. The molecule has 2 fully saturated rings. The van der Waals surface area contributed by atoms with E-state index in [1.807, 2.05) is 24.3 Å². The van der Waals surface area contributed by atoms with Crippen LogP contribution in [0.4, 0.5) is 11.4 Å². The summed E-state index contributed by atoms with van der Waals surface area (Å²) in [7, 11) is 0. The largest absolute Gasteiger partial charge is 0.399 e. The van der Waals surface area contributed by atoms with E-state index < -0.39 is 0 Å². The molecule has 4 N–H and O–H groups in total. The van der Waals surface area contributed by atoms with Gasteiger partial charge in [-0.2, -0.15) is 0 Å². The molecular weight excluding hydrogens is 593 g/mol. The fourth-order valence-corrected chi connectivity index (χ4v) is 9.15. The van der Waals surface area contributed by atoms with Gasteiger partial charge in [0.1, 0.15) is 0 Å². The fourth-order valence-electron chi connectivity index (χ4n) is 9.15. The third-order valence-electron chi connectivity index (χ3n) is 12.4. The van der Waals surface area contributed by atoms with E-state index >= 15 is 0 Å². The van der Waals surface area contributed by atoms with Crippen LogP contribution in [-0.4, -0.2) is 0 Å². The van der Waals surface area contributed by atoms with Crippen molar-refractivity contribution < 1.29 is 0 Å². The Bertz CT molecular complexity index is 1430. The van der Waals surface area contributed by atoms with Gasteiger partial charge in [0.15, 0.2) is 0 Å². The second kappa shape index (κ2) is 17.4. The molecule has 260 valence electrons. The van der Waals surface area contributed by atoms with Crippen LogP contribution in [0.1, 0.15) is 143 Å². The molecule has 0 aliphatic heterocycles. The van der Waals surface area contributed by atoms with Crippen LogP contribution in [0, 0.1) is 17.8 Å². The highest BCUT2D eigenvalue weighted by Gasteiger charge is 2.38. The highest BCUT2D eigenvalue weighted by atomic mass is 14.5. The van der Waals surface area contributed by atoms with E-state index in [1.165, 1.54) is 136 Å². The molecule has 0 heterocycles. The van der Waals surface area contributed by atoms with Crippen LogP contribution < -0.4 is 11.5 Å². The summed E-state index contributed by atoms with van der Waals surface area (Å²) in [6.07, 6.45) is 24.6. The van der Waals surface area contributed by atoms with Crippen molar-refractivity contribution in [3.05, 3.63) is 130 Å². The molecule has 4 aromatic rings. The molecule has 0 spiro atoms. The van der Waals surface area contributed by atoms with Crippen LogP contribution in [0.2, 0.25) is 0 Å². The first-order valence-electron chi connectivity index (χ1n) is 19.9. The minimum Gasteiger partial charge on any atom is -0.399 e. The number of benzene rings is 4. The van der Waals surface area contributed by atoms with Gasteiger partial charge >= 0.3 is 0 Å². The van der Waals surface area contributed by atoms with Gasteiger partial charge in [-0.05, 0) is 114 Å². The SMILES string of the molecule is CCCCCCC[C@H]1CC[C@H](CCC2CCC(c3ccc(Cc4ccc(N)cc4)cc3)(c3ccc(Cc4ccc(N)cc4)cc3)CC2)CC1. The standard InChI is InChI=1S/C47H62N2/c1-2-3-4-5-6-7-36-8-10-37(11-9-36)12-13-38-30-32-47(33-31-38,43-22-14-39(15-23-43)34-41-18-26-45(48)27-19-41)44-24-16-40(17-25-44)35-42-20-28-46(49)29-21-42/h14-29,36-38H,2-13,30-35,48-49H2,1H3/t36-,37-. The number of nitrogen functional groups attached to an aromatic ring is 2. The fraction of sp³-hybridized carbons (Fsp3) is 0.489. The Labute approximate surface area is 298 Å². The second-order valence-electron chi connectivity index (χ2n) is 15.9. The zero-order valence-corrected chi connectivity index (χ0v) is 30.4. The normalized spacial score (nSPS) is 19.5. The lowest BCUT2D eigenvalue weighted by atomic mass is 9.62. The molecule has 6 rings (SSSR count). The maximum Gasteiger partial charge on any atom is 0.0314 e. The molecule has 0 atom stereocenters. The molecule has 2 aliphatic carbocycles. The molecular formula is C47H62N2. The third-order valence-corrected chi connectivity index (χ3v) is 12.4. The Kier molecular flexibility index (Phi) is 12.6. The second-order valence-corrected chi connectivity index (χ2v) is 15.9. The monoisotopic (exact) mass is 654 g/mol. The van der Waals surface area contributed by atoms with Crippen LogP contribution in [0.25, 0.3) is 0 Å². The summed E-state index contributed by atoms with van der Waals surface area (Å²) in [6, 6.07) is 35.9. The van der Waals surface area contributed by atoms with Gasteiger partial charge in [-0.1, -0.05) is 157 Å². The highest BCUT2D eigenvalue weighted by Crippen LogP contribution is 2.48. The van der Waals surface area contributed by atoms with Crippen LogP contribution >= 0.6 is 0 Å². The molecule has 4 aromatic carbocycles. The van der Waals surface area contributed by atoms with Crippen molar-refractivity contribution >= 4 is 11.4 Å². The average Bonchev–Trinajstić information content (AvgIpc) is 3.14. The van der Waals surface area contributed by atoms with Crippen LogP contribution in [0.15, 0.2) is 97.1 Å². The van der Waals surface area contributed by atoms with E-state index in [0.717, 1.165) is 42.0 Å². The molecule has 2 heteroatoms. The molecule has 0 saturated heterocycles. The molecule has 0 aromatic heterocycles. The summed E-state index contributed by atoms with van der Waals surface area (Å²) < 4.78 is 0. The summed E-state index contributed by atoms with van der Waals surface area (Å²) in [5.74, 6) is 2.87. The number of anilines is 2. The van der Waals surface area contributed by atoms with Crippen molar-refractivity contribution in [2.24, 2.45) is 17.8 Å². The van der Waals surface area contributed by atoms with Crippen LogP contribution in [0.3, 0.4) is 0 Å². The summed E-state index contributed by atoms with van der Waals surface area (Å²) in [5, 5.41) is 0. The van der Waals surface area contributed by atoms with Crippen LogP contribution in [0.5, 0.6) is 0 Å². The molecule has 0 radical (unpaired) electrons. The lowest BCUT2D eigenvalue weighted by Gasteiger charge is -2.42. The Morgan fingerprint density at radius 1 is 0.449 bits per heavy atom. The molecule has 49 heavy (non-hydrogen) atoms. The van der Waals surface area contributed by atoms with Gasteiger partial charge in [0, 0.05) is 16.8 Å². The van der Waals surface area contributed by atoms with Crippen molar-refractivity contribution in [2.75, 3.05) is 11.5 Å². The topological polar surface area (TPSA) is 52.0 Å². The predicted octanol–water partition coefficient (Wildman–Crippen LogP) is 12.5. The van der Waals surface area contributed by atoms with Gasteiger partial charge < -0.3 is 11.5 Å². The smallest absolute Gasteiger partial charge is 0.0314 e. The van der Waals surface area contributed by atoms with Crippen molar-refractivity contribution in [1.82, 2.24) is 0 Å². The molecule has 2 nitrogen and oxygen atoms in total. The van der Waals surface area contributed by atoms with Gasteiger partial charge in [-0.15, -0.1) is 0 Å². The summed E-state index contributed by atoms with van der Waals surface area (Å²) in [4.78, 5) is 0. The maximum absolute atomic E-state index is 5.94. The van der Waals surface area contributed by atoms with Crippen molar-refractivity contribution in [3.63, 3.8) is 0 Å². The van der Waals surface area contributed by atoms with E-state index in [1.54, 1.807) is 0 Å². The number of unbranched alkanes of at least 4 members (excludes halogenated alkanes) is 4. The number of hydrogen-bond donors (Lipinski definition) is 2. The molecule has 0 amide bonds. The first-order chi connectivity index (χ1) is 24.0. The van der Waals surface area contributed by atoms with E-state index in [2.05, 4.69) is 79.7 Å². The Morgan fingerprint density at radius 3 is 1.24 bits per heavy atom. The Morgan fingerprint density at radius 2 is 0.816 bits per heavy atom. The van der Waals surface area contributed by atoms with Gasteiger partial charge in [0.05, 0.1) is 0 Å². The maximum atomic E-state index is 5.94. The van der Waals surface area contributed by atoms with E-state index in [4.69, 9.17) is 11.5 Å². The van der Waals surface area contributed by atoms with Crippen molar-refractivity contribution in [3.8, 4) is 0 Å². The lowest BCUT2D eigenvalue weighted by molar-refractivity contribution is 0.208. The zero-order chi connectivity index (χ0) is 33.9. The molecule has 2 saturated carbocycles. The third kappa shape index (κ3) is 9.80. The first-order valence-corrected chi connectivity index (χ1v) is 19.9. The molecule has 0 bridgehead atoms. The molecule has 0 unspecified atom stereocenters. The van der Waals surface area contributed by atoms with Crippen LogP contribution in [-0.2, 0) is 18.3 Å². The minimum absolute atomic E-state index is 0.0884. The highest BCUT2D eigenvalue weighted by molar-refractivity contribution is 5.45.